The van der Waals surface area contributed by atoms with Crippen molar-refractivity contribution in [1.29, 1.82) is 0 Å². The van der Waals surface area contributed by atoms with Crippen LogP contribution in [0.1, 0.15) is 27.2 Å². The Labute approximate surface area is 62.0 Å². The van der Waals surface area contributed by atoms with Crippen molar-refractivity contribution in [3.63, 3.8) is 0 Å². The zero-order valence-corrected chi connectivity index (χ0v) is 6.78. The first-order valence-corrected chi connectivity index (χ1v) is 3.64. The van der Waals surface area contributed by atoms with E-state index in [9.17, 15) is 0 Å². The van der Waals surface area contributed by atoms with E-state index in [-0.39, 0.29) is 0 Å². The SMILES string of the molecule is CCC1=C(C)C=C(C)NN1. The van der Waals surface area contributed by atoms with Gasteiger partial charge in [-0.1, -0.05) is 6.92 Å². The first-order valence-electron chi connectivity index (χ1n) is 3.64. The molecule has 0 amide bonds. The number of rotatable bonds is 1. The molecule has 0 aliphatic carbocycles. The van der Waals surface area contributed by atoms with Crippen molar-refractivity contribution in [2.75, 3.05) is 0 Å². The van der Waals surface area contributed by atoms with E-state index < -0.39 is 0 Å². The molecule has 2 N–H and O–H groups in total. The van der Waals surface area contributed by atoms with Crippen LogP contribution >= 0.6 is 0 Å². The van der Waals surface area contributed by atoms with Crippen LogP contribution in [0.25, 0.3) is 0 Å². The number of allylic oxidation sites excluding steroid dienone is 4. The van der Waals surface area contributed by atoms with Gasteiger partial charge in [-0.05, 0) is 31.9 Å². The second-order valence-corrected chi connectivity index (χ2v) is 2.59. The summed E-state index contributed by atoms with van der Waals surface area (Å²) in [6.07, 6.45) is 3.21. The lowest BCUT2D eigenvalue weighted by Crippen LogP contribution is -2.32. The van der Waals surface area contributed by atoms with Crippen molar-refractivity contribution in [1.82, 2.24) is 10.9 Å². The molecular weight excluding hydrogens is 124 g/mol. The summed E-state index contributed by atoms with van der Waals surface area (Å²) in [7, 11) is 0. The zero-order chi connectivity index (χ0) is 7.56. The Bertz CT molecular complexity index is 189. The van der Waals surface area contributed by atoms with Crippen LogP contribution in [0.4, 0.5) is 0 Å². The average Bonchev–Trinajstić information content (AvgIpc) is 1.88. The predicted molar refractivity (Wildman–Crippen MR) is 43.0 cm³/mol. The normalized spacial score (nSPS) is 17.7. The van der Waals surface area contributed by atoms with E-state index in [1.54, 1.807) is 0 Å². The van der Waals surface area contributed by atoms with E-state index in [0.717, 1.165) is 6.42 Å². The highest BCUT2D eigenvalue weighted by atomic mass is 15.4. The molecule has 56 valence electrons. The van der Waals surface area contributed by atoms with Gasteiger partial charge in [-0.2, -0.15) is 0 Å². The minimum absolute atomic E-state index is 1.06. The van der Waals surface area contributed by atoms with Crippen molar-refractivity contribution in [2.45, 2.75) is 27.2 Å². The van der Waals surface area contributed by atoms with Gasteiger partial charge in [0.25, 0.3) is 0 Å². The molecule has 0 aromatic carbocycles. The summed E-state index contributed by atoms with van der Waals surface area (Å²) in [6, 6.07) is 0. The lowest BCUT2D eigenvalue weighted by molar-refractivity contribution is 0.646. The van der Waals surface area contributed by atoms with Crippen molar-refractivity contribution in [2.24, 2.45) is 0 Å². The summed E-state index contributed by atoms with van der Waals surface area (Å²) in [6.45, 7) is 6.31. The van der Waals surface area contributed by atoms with Gasteiger partial charge in [0.2, 0.25) is 0 Å². The van der Waals surface area contributed by atoms with Crippen LogP contribution in [-0.4, -0.2) is 0 Å². The Morgan fingerprint density at radius 1 is 1.30 bits per heavy atom. The first-order chi connectivity index (χ1) is 4.74. The lowest BCUT2D eigenvalue weighted by atomic mass is 10.1. The first kappa shape index (κ1) is 7.19. The molecule has 0 aromatic heterocycles. The van der Waals surface area contributed by atoms with Crippen LogP contribution in [-0.2, 0) is 0 Å². The smallest absolute Gasteiger partial charge is 0.0340 e. The fraction of sp³-hybridized carbons (Fsp3) is 0.500. The van der Waals surface area contributed by atoms with Crippen LogP contribution in [0.3, 0.4) is 0 Å². The molecule has 1 aliphatic rings. The van der Waals surface area contributed by atoms with Crippen molar-refractivity contribution in [3.05, 3.63) is 23.0 Å². The number of hydrazine groups is 1. The Hall–Kier alpha value is -0.920. The maximum Gasteiger partial charge on any atom is 0.0340 e. The van der Waals surface area contributed by atoms with Gasteiger partial charge in [-0.15, -0.1) is 0 Å². The highest BCUT2D eigenvalue weighted by Gasteiger charge is 2.02. The number of hydrogen-bond acceptors (Lipinski definition) is 2. The van der Waals surface area contributed by atoms with Gasteiger partial charge in [-0.25, -0.2) is 0 Å². The van der Waals surface area contributed by atoms with E-state index in [4.69, 9.17) is 0 Å². The minimum Gasteiger partial charge on any atom is -0.306 e. The van der Waals surface area contributed by atoms with Gasteiger partial charge in [0, 0.05) is 11.4 Å². The second-order valence-electron chi connectivity index (χ2n) is 2.59. The van der Waals surface area contributed by atoms with Gasteiger partial charge in [0.1, 0.15) is 0 Å². The van der Waals surface area contributed by atoms with E-state index in [1.807, 2.05) is 6.92 Å². The molecule has 10 heavy (non-hydrogen) atoms. The van der Waals surface area contributed by atoms with Gasteiger partial charge >= 0.3 is 0 Å². The van der Waals surface area contributed by atoms with Gasteiger partial charge < -0.3 is 10.9 Å². The molecule has 0 radical (unpaired) electrons. The van der Waals surface area contributed by atoms with Crippen molar-refractivity contribution >= 4 is 0 Å². The predicted octanol–water partition coefficient (Wildman–Crippen LogP) is 1.68. The molecule has 0 atom stereocenters. The van der Waals surface area contributed by atoms with Gasteiger partial charge in [0.05, 0.1) is 0 Å². The fourth-order valence-electron chi connectivity index (χ4n) is 1.09. The standard InChI is InChI=1S/C8H14N2/c1-4-8-6(2)5-7(3)9-10-8/h5,9-10H,4H2,1-3H3. The minimum atomic E-state index is 1.06. The highest BCUT2D eigenvalue weighted by Crippen LogP contribution is 2.10. The second kappa shape index (κ2) is 2.78. The molecule has 2 heteroatoms. The summed E-state index contributed by atoms with van der Waals surface area (Å²) in [5.41, 5.74) is 9.99. The molecule has 0 saturated heterocycles. The quantitative estimate of drug-likeness (QED) is 0.576. The van der Waals surface area contributed by atoms with E-state index in [1.165, 1.54) is 17.0 Å². The van der Waals surface area contributed by atoms with Crippen LogP contribution in [0.2, 0.25) is 0 Å². The third kappa shape index (κ3) is 1.32. The Kier molecular flexibility index (Phi) is 2.00. The lowest BCUT2D eigenvalue weighted by Gasteiger charge is -2.19. The van der Waals surface area contributed by atoms with Crippen molar-refractivity contribution in [3.8, 4) is 0 Å². The average molecular weight is 138 g/mol. The molecule has 0 aromatic rings. The molecule has 2 nitrogen and oxygen atoms in total. The maximum atomic E-state index is 3.13. The largest absolute Gasteiger partial charge is 0.306 e. The summed E-state index contributed by atoms with van der Waals surface area (Å²) in [5.74, 6) is 0. The molecule has 0 unspecified atom stereocenters. The summed E-state index contributed by atoms with van der Waals surface area (Å²) < 4.78 is 0. The summed E-state index contributed by atoms with van der Waals surface area (Å²) in [4.78, 5) is 0. The third-order valence-electron chi connectivity index (χ3n) is 1.67. The van der Waals surface area contributed by atoms with E-state index >= 15 is 0 Å². The molecular formula is C8H14N2. The highest BCUT2D eigenvalue weighted by molar-refractivity contribution is 5.28. The fourth-order valence-corrected chi connectivity index (χ4v) is 1.09. The van der Waals surface area contributed by atoms with Crippen molar-refractivity contribution < 1.29 is 0 Å². The van der Waals surface area contributed by atoms with Crippen LogP contribution in [0, 0.1) is 0 Å². The molecule has 0 saturated carbocycles. The Morgan fingerprint density at radius 2 is 2.00 bits per heavy atom. The summed E-state index contributed by atoms with van der Waals surface area (Å²) in [5, 5.41) is 0. The topological polar surface area (TPSA) is 24.1 Å². The van der Waals surface area contributed by atoms with E-state index in [0.29, 0.717) is 0 Å². The third-order valence-corrected chi connectivity index (χ3v) is 1.67. The molecule has 1 heterocycles. The monoisotopic (exact) mass is 138 g/mol. The van der Waals surface area contributed by atoms with Gasteiger partial charge in [0.15, 0.2) is 0 Å². The zero-order valence-electron chi connectivity index (χ0n) is 6.78. The van der Waals surface area contributed by atoms with Crippen LogP contribution < -0.4 is 10.9 Å². The maximum absolute atomic E-state index is 3.13. The Balaban J connectivity index is 2.80. The Morgan fingerprint density at radius 3 is 2.50 bits per heavy atom. The summed E-state index contributed by atoms with van der Waals surface area (Å²) >= 11 is 0. The molecule has 0 spiro atoms. The molecule has 0 fully saturated rings. The van der Waals surface area contributed by atoms with Crippen LogP contribution in [0.15, 0.2) is 23.0 Å². The number of nitrogens with one attached hydrogen (secondary N) is 2. The molecule has 1 rings (SSSR count). The molecule has 0 bridgehead atoms. The number of hydrogen-bond donors (Lipinski definition) is 2. The van der Waals surface area contributed by atoms with Gasteiger partial charge in [-0.3, -0.25) is 0 Å². The molecule has 1 aliphatic heterocycles. The van der Waals surface area contributed by atoms with Crippen LogP contribution in [0.5, 0.6) is 0 Å². The van der Waals surface area contributed by atoms with E-state index in [2.05, 4.69) is 30.8 Å².